The Morgan fingerprint density at radius 1 is 1.18 bits per heavy atom. The van der Waals surface area contributed by atoms with Crippen LogP contribution in [-0.2, 0) is 20.8 Å². The molecule has 39 heavy (non-hydrogen) atoms. The summed E-state index contributed by atoms with van der Waals surface area (Å²) in [5.74, 6) is -0.158. The van der Waals surface area contributed by atoms with Crippen molar-refractivity contribution in [2.75, 3.05) is 6.54 Å². The summed E-state index contributed by atoms with van der Waals surface area (Å²) < 4.78 is 1.06. The zero-order chi connectivity index (χ0) is 28.4. The molecule has 2 aromatic rings. The Morgan fingerprint density at radius 2 is 1.92 bits per heavy atom. The van der Waals surface area contributed by atoms with Gasteiger partial charge in [0.2, 0.25) is 11.8 Å². The average Bonchev–Trinajstić information content (AvgIpc) is 3.33. The molecule has 0 unspecified atom stereocenters. The van der Waals surface area contributed by atoms with Gasteiger partial charge < -0.3 is 16.0 Å². The zero-order valence-corrected chi connectivity index (χ0v) is 24.2. The molecule has 0 radical (unpaired) electrons. The quantitative estimate of drug-likeness (QED) is 0.241. The van der Waals surface area contributed by atoms with E-state index in [2.05, 4.69) is 48.5 Å². The fourth-order valence-corrected chi connectivity index (χ4v) is 6.07. The molecule has 1 heterocycles. The molecule has 1 fully saturated rings. The van der Waals surface area contributed by atoms with Gasteiger partial charge in [-0.15, -0.1) is 11.3 Å². The molecular formula is C30H41N5O3S. The molecule has 0 bridgehead atoms. The van der Waals surface area contributed by atoms with Crippen molar-refractivity contribution in [3.8, 4) is 6.07 Å². The van der Waals surface area contributed by atoms with Gasteiger partial charge in [0.15, 0.2) is 0 Å². The molecule has 1 aliphatic rings. The van der Waals surface area contributed by atoms with Crippen molar-refractivity contribution in [2.45, 2.75) is 96.6 Å². The molecule has 8 nitrogen and oxygen atoms in total. The molecule has 2 atom stereocenters. The number of nitrogens with one attached hydrogen (secondary N) is 3. The number of nitriles is 1. The van der Waals surface area contributed by atoms with Crippen molar-refractivity contribution in [1.82, 2.24) is 20.9 Å². The lowest BCUT2D eigenvalue weighted by atomic mass is 9.84. The number of fused-ring (bicyclic) bond motifs is 1. The molecule has 1 aromatic carbocycles. The van der Waals surface area contributed by atoms with Gasteiger partial charge in [-0.25, -0.2) is 4.98 Å². The first kappa shape index (κ1) is 30.3. The van der Waals surface area contributed by atoms with E-state index in [1.165, 1.54) is 12.0 Å². The highest BCUT2D eigenvalue weighted by molar-refractivity contribution is 7.18. The second kappa shape index (κ2) is 14.8. The Balaban J connectivity index is 1.77. The van der Waals surface area contributed by atoms with E-state index < -0.39 is 11.9 Å². The topological polar surface area (TPSA) is 124 Å². The Labute approximate surface area is 235 Å². The minimum atomic E-state index is -0.784. The van der Waals surface area contributed by atoms with Crippen LogP contribution in [0.1, 0.15) is 88.6 Å². The van der Waals surface area contributed by atoms with Gasteiger partial charge in [0, 0.05) is 25.4 Å². The summed E-state index contributed by atoms with van der Waals surface area (Å²) in [6.45, 7) is 9.88. The van der Waals surface area contributed by atoms with Crippen LogP contribution in [0.3, 0.4) is 0 Å². The summed E-state index contributed by atoms with van der Waals surface area (Å²) in [4.78, 5) is 43.1. The normalized spacial score (nSPS) is 15.4. The number of rotatable bonds is 13. The van der Waals surface area contributed by atoms with E-state index in [-0.39, 0.29) is 36.4 Å². The lowest BCUT2D eigenvalue weighted by molar-refractivity contribution is -0.129. The number of hydrogen-bond donors (Lipinski definition) is 3. The second-order valence-corrected chi connectivity index (χ2v) is 11.9. The summed E-state index contributed by atoms with van der Waals surface area (Å²) in [6.07, 6.45) is 7.74. The number of benzene rings is 1. The van der Waals surface area contributed by atoms with Crippen LogP contribution >= 0.6 is 11.3 Å². The summed E-state index contributed by atoms with van der Waals surface area (Å²) in [5.41, 5.74) is 1.95. The summed E-state index contributed by atoms with van der Waals surface area (Å²) in [7, 11) is 0. The molecule has 210 valence electrons. The highest BCUT2D eigenvalue weighted by Gasteiger charge is 2.27. The number of hydrogen-bond acceptors (Lipinski definition) is 6. The lowest BCUT2D eigenvalue weighted by Crippen LogP contribution is -2.53. The maximum atomic E-state index is 13.6. The van der Waals surface area contributed by atoms with E-state index in [0.717, 1.165) is 47.3 Å². The van der Waals surface area contributed by atoms with Crippen LogP contribution in [0.2, 0.25) is 0 Å². The third-order valence-corrected chi connectivity index (χ3v) is 8.28. The van der Waals surface area contributed by atoms with Crippen molar-refractivity contribution < 1.29 is 14.4 Å². The van der Waals surface area contributed by atoms with Crippen molar-refractivity contribution in [2.24, 2.45) is 5.92 Å². The van der Waals surface area contributed by atoms with Gasteiger partial charge in [-0.1, -0.05) is 65.5 Å². The number of carbonyl (C=O) groups excluding carboxylic acids is 3. The Bertz CT molecular complexity index is 1210. The SMILES string of the molecule is C=C(C#N)C(=O)NC[C@H](CC1CCCCC1)NC(=O)[C@H](Cc1nc2ccc(C(C)C)cc2s1)NC(=O)CCC. The summed E-state index contributed by atoms with van der Waals surface area (Å²) >= 11 is 1.54. The molecule has 1 aliphatic carbocycles. The third kappa shape index (κ3) is 9.17. The smallest absolute Gasteiger partial charge is 0.261 e. The van der Waals surface area contributed by atoms with Crippen molar-refractivity contribution in [3.63, 3.8) is 0 Å². The summed E-state index contributed by atoms with van der Waals surface area (Å²) in [6, 6.07) is 6.88. The van der Waals surface area contributed by atoms with E-state index in [0.29, 0.717) is 24.7 Å². The van der Waals surface area contributed by atoms with Crippen LogP contribution < -0.4 is 16.0 Å². The number of carbonyl (C=O) groups is 3. The van der Waals surface area contributed by atoms with Gasteiger partial charge in [0.25, 0.3) is 5.91 Å². The second-order valence-electron chi connectivity index (χ2n) is 10.8. The average molecular weight is 552 g/mol. The van der Waals surface area contributed by atoms with Crippen LogP contribution in [-0.4, -0.2) is 41.3 Å². The van der Waals surface area contributed by atoms with Gasteiger partial charge in [-0.3, -0.25) is 14.4 Å². The molecule has 3 N–H and O–H groups in total. The van der Waals surface area contributed by atoms with Crippen molar-refractivity contribution in [1.29, 1.82) is 5.26 Å². The predicted octanol–water partition coefficient (Wildman–Crippen LogP) is 4.90. The fraction of sp³-hybridized carbons (Fsp3) is 0.567. The molecule has 1 saturated carbocycles. The maximum absolute atomic E-state index is 13.6. The van der Waals surface area contributed by atoms with E-state index in [9.17, 15) is 14.4 Å². The predicted molar refractivity (Wildman–Crippen MR) is 155 cm³/mol. The Hall–Kier alpha value is -3.25. The van der Waals surface area contributed by atoms with E-state index >= 15 is 0 Å². The lowest BCUT2D eigenvalue weighted by Gasteiger charge is -2.29. The first-order chi connectivity index (χ1) is 18.7. The van der Waals surface area contributed by atoms with Crippen molar-refractivity contribution in [3.05, 3.63) is 40.9 Å². The molecule has 1 aromatic heterocycles. The Morgan fingerprint density at radius 3 is 2.59 bits per heavy atom. The minimum absolute atomic E-state index is 0.168. The fourth-order valence-electron chi connectivity index (χ4n) is 5.01. The highest BCUT2D eigenvalue weighted by atomic mass is 32.1. The van der Waals surface area contributed by atoms with Crippen LogP contribution in [0.4, 0.5) is 0 Å². The van der Waals surface area contributed by atoms with Crippen LogP contribution in [0.5, 0.6) is 0 Å². The standard InChI is InChI=1S/C30H41N5O3S/c1-5-9-27(36)34-25(16-28-35-24-13-12-22(19(2)3)15-26(24)39-28)30(38)33-23(14-21-10-7-6-8-11-21)18-32-29(37)20(4)17-31/h12-13,15,19,21,23,25H,4-11,14,16,18H2,1-3H3,(H,32,37)(H,33,38)(H,34,36)/t23-,25-/m0/s1. The molecule has 0 saturated heterocycles. The van der Waals surface area contributed by atoms with Crippen LogP contribution in [0.15, 0.2) is 30.4 Å². The Kier molecular flexibility index (Phi) is 11.5. The maximum Gasteiger partial charge on any atom is 0.261 e. The molecule has 0 aliphatic heterocycles. The first-order valence-electron chi connectivity index (χ1n) is 14.1. The monoisotopic (exact) mass is 551 g/mol. The highest BCUT2D eigenvalue weighted by Crippen LogP contribution is 2.28. The van der Waals surface area contributed by atoms with E-state index in [1.54, 1.807) is 17.4 Å². The number of nitrogens with zero attached hydrogens (tertiary/aromatic N) is 2. The molecular weight excluding hydrogens is 510 g/mol. The van der Waals surface area contributed by atoms with Gasteiger partial charge in [-0.05, 0) is 42.4 Å². The van der Waals surface area contributed by atoms with Crippen LogP contribution in [0.25, 0.3) is 10.2 Å². The van der Waals surface area contributed by atoms with Gasteiger partial charge in [0.1, 0.15) is 17.7 Å². The van der Waals surface area contributed by atoms with Crippen LogP contribution in [0, 0.1) is 17.2 Å². The molecule has 9 heteroatoms. The number of aromatic nitrogens is 1. The first-order valence-corrected chi connectivity index (χ1v) is 14.9. The molecule has 0 spiro atoms. The van der Waals surface area contributed by atoms with Crippen molar-refractivity contribution >= 4 is 39.3 Å². The largest absolute Gasteiger partial charge is 0.350 e. The van der Waals surface area contributed by atoms with Gasteiger partial charge >= 0.3 is 0 Å². The molecule has 3 amide bonds. The zero-order valence-electron chi connectivity index (χ0n) is 23.3. The van der Waals surface area contributed by atoms with E-state index in [1.807, 2.05) is 13.0 Å². The van der Waals surface area contributed by atoms with E-state index in [4.69, 9.17) is 10.2 Å². The summed E-state index contributed by atoms with van der Waals surface area (Å²) in [5, 5.41) is 18.5. The van der Waals surface area contributed by atoms with Gasteiger partial charge in [0.05, 0.1) is 15.2 Å². The minimum Gasteiger partial charge on any atom is -0.350 e. The number of thiazole rings is 1. The van der Waals surface area contributed by atoms with Gasteiger partial charge in [-0.2, -0.15) is 5.26 Å². The number of amides is 3. The third-order valence-electron chi connectivity index (χ3n) is 7.24. The molecule has 3 rings (SSSR count).